The van der Waals surface area contributed by atoms with Gasteiger partial charge in [-0.2, -0.15) is 0 Å². The minimum absolute atomic E-state index is 0.194. The molecule has 7 aromatic rings. The van der Waals surface area contributed by atoms with Crippen LogP contribution in [0.1, 0.15) is 58.2 Å². The number of benzene rings is 4. The summed E-state index contributed by atoms with van der Waals surface area (Å²) in [5, 5.41) is 9.08. The molecule has 0 saturated heterocycles. The summed E-state index contributed by atoms with van der Waals surface area (Å²) in [7, 11) is 0. The molecule has 0 fully saturated rings. The summed E-state index contributed by atoms with van der Waals surface area (Å²) < 4.78 is 2.59. The first kappa shape index (κ1) is 23.5. The number of aryl methyl sites for hydroxylation is 1. The van der Waals surface area contributed by atoms with E-state index in [-0.39, 0.29) is 10.8 Å². The number of aromatic nitrogens is 2. The summed E-state index contributed by atoms with van der Waals surface area (Å²) in [5.74, 6) is 0. The molecule has 4 aromatic carbocycles. The molecule has 2 heteroatoms. The number of hydrogen-bond donors (Lipinski definition) is 0. The third kappa shape index (κ3) is 3.42. The summed E-state index contributed by atoms with van der Waals surface area (Å²) in [4.78, 5) is 5.03. The van der Waals surface area contributed by atoms with Gasteiger partial charge in [-0.05, 0) is 75.6 Å². The minimum Gasteiger partial charge on any atom is -0.307 e. The Hall–Kier alpha value is -3.65. The Morgan fingerprint density at radius 2 is 1.39 bits per heavy atom. The smallest absolute Gasteiger partial charge is 0.0823 e. The highest BCUT2D eigenvalue weighted by molar-refractivity contribution is 6.29. The number of rotatable bonds is 2. The standard InChI is InChI=1S/C36H36N2/c1-21-26-13-11-22(19-35(2,3)4)17-25(26)18-29-31-30-23(15-16-37-31)12-14-28-27-10-8-9-24(20-36(5,6)7)33(27)38(32(21)29)34(28)30/h8-18H,19-20H2,1-7H3. The van der Waals surface area contributed by atoms with Crippen molar-refractivity contribution < 1.29 is 0 Å². The first-order valence-corrected chi connectivity index (χ1v) is 13.9. The van der Waals surface area contributed by atoms with Gasteiger partial charge < -0.3 is 4.40 Å². The lowest BCUT2D eigenvalue weighted by Crippen LogP contribution is -2.10. The van der Waals surface area contributed by atoms with Crippen LogP contribution in [-0.4, -0.2) is 9.38 Å². The molecule has 0 bridgehead atoms. The first-order valence-electron chi connectivity index (χ1n) is 13.9. The molecule has 0 N–H and O–H groups in total. The van der Waals surface area contributed by atoms with Crippen molar-refractivity contribution in [1.82, 2.24) is 9.38 Å². The largest absolute Gasteiger partial charge is 0.307 e. The Morgan fingerprint density at radius 1 is 0.658 bits per heavy atom. The van der Waals surface area contributed by atoms with E-state index < -0.39 is 0 Å². The lowest BCUT2D eigenvalue weighted by Gasteiger charge is -2.21. The summed E-state index contributed by atoms with van der Waals surface area (Å²) in [5.41, 5.74) is 9.65. The molecule has 0 atom stereocenters. The van der Waals surface area contributed by atoms with Crippen LogP contribution in [-0.2, 0) is 12.8 Å². The van der Waals surface area contributed by atoms with Crippen LogP contribution in [0.15, 0.2) is 66.9 Å². The predicted molar refractivity (Wildman–Crippen MR) is 165 cm³/mol. The van der Waals surface area contributed by atoms with E-state index >= 15 is 0 Å². The topological polar surface area (TPSA) is 17.3 Å². The normalized spacial score (nSPS) is 13.3. The van der Waals surface area contributed by atoms with Crippen LogP contribution in [0, 0.1) is 17.8 Å². The maximum Gasteiger partial charge on any atom is 0.0823 e. The van der Waals surface area contributed by atoms with Gasteiger partial charge in [0.2, 0.25) is 0 Å². The van der Waals surface area contributed by atoms with E-state index in [9.17, 15) is 0 Å². The van der Waals surface area contributed by atoms with Crippen molar-refractivity contribution >= 4 is 59.8 Å². The van der Waals surface area contributed by atoms with Gasteiger partial charge in [0.1, 0.15) is 0 Å². The van der Waals surface area contributed by atoms with Crippen LogP contribution in [0.5, 0.6) is 0 Å². The SMILES string of the molecule is Cc1c2ccc(CC(C)(C)C)cc2cc2c3nccc4ccc5c6cccc(CC(C)(C)C)c6n(c12)c5c43. The van der Waals surface area contributed by atoms with E-state index in [0.29, 0.717) is 0 Å². The van der Waals surface area contributed by atoms with E-state index in [1.807, 2.05) is 6.20 Å². The second-order valence-electron chi connectivity index (χ2n) is 13.8. The van der Waals surface area contributed by atoms with Crippen molar-refractivity contribution in [2.75, 3.05) is 0 Å². The van der Waals surface area contributed by atoms with Gasteiger partial charge in [-0.15, -0.1) is 0 Å². The van der Waals surface area contributed by atoms with Gasteiger partial charge in [0.05, 0.1) is 22.1 Å². The highest BCUT2D eigenvalue weighted by Gasteiger charge is 2.23. The zero-order valence-electron chi connectivity index (χ0n) is 23.7. The van der Waals surface area contributed by atoms with Crippen molar-refractivity contribution in [2.24, 2.45) is 10.8 Å². The fraction of sp³-hybridized carbons (Fsp3) is 0.306. The number of para-hydroxylation sites is 1. The Kier molecular flexibility index (Phi) is 4.75. The fourth-order valence-electron chi connectivity index (χ4n) is 6.84. The van der Waals surface area contributed by atoms with E-state index in [2.05, 4.69) is 114 Å². The van der Waals surface area contributed by atoms with Gasteiger partial charge in [-0.25, -0.2) is 0 Å². The summed E-state index contributed by atoms with van der Waals surface area (Å²) >= 11 is 0. The third-order valence-corrected chi connectivity index (χ3v) is 8.13. The van der Waals surface area contributed by atoms with Crippen LogP contribution < -0.4 is 0 Å². The molecule has 3 heterocycles. The number of nitrogens with zero attached hydrogens (tertiary/aromatic N) is 2. The molecule has 0 radical (unpaired) electrons. The van der Waals surface area contributed by atoms with Gasteiger partial charge in [-0.1, -0.05) is 90.1 Å². The molecule has 0 unspecified atom stereocenters. The van der Waals surface area contributed by atoms with E-state index in [1.165, 1.54) is 70.9 Å². The molecular weight excluding hydrogens is 460 g/mol. The van der Waals surface area contributed by atoms with Gasteiger partial charge in [0, 0.05) is 27.7 Å². The van der Waals surface area contributed by atoms with Crippen LogP contribution in [0.25, 0.3) is 59.8 Å². The van der Waals surface area contributed by atoms with Crippen LogP contribution in [0.3, 0.4) is 0 Å². The molecule has 0 aliphatic heterocycles. The maximum atomic E-state index is 5.03. The van der Waals surface area contributed by atoms with Crippen molar-refractivity contribution in [1.29, 1.82) is 0 Å². The minimum atomic E-state index is 0.194. The molecule has 0 aliphatic carbocycles. The molecule has 0 saturated carbocycles. The molecule has 0 amide bonds. The van der Waals surface area contributed by atoms with Crippen molar-refractivity contribution in [3.8, 4) is 0 Å². The predicted octanol–water partition coefficient (Wildman–Crippen LogP) is 10.0. The molecular formula is C36H36N2. The Balaban J connectivity index is 1.72. The molecule has 0 aliphatic rings. The zero-order valence-corrected chi connectivity index (χ0v) is 23.7. The Bertz CT molecular complexity index is 2040. The molecule has 38 heavy (non-hydrogen) atoms. The molecule has 7 rings (SSSR count). The van der Waals surface area contributed by atoms with Crippen molar-refractivity contribution in [3.63, 3.8) is 0 Å². The zero-order chi connectivity index (χ0) is 26.6. The van der Waals surface area contributed by atoms with Crippen molar-refractivity contribution in [2.45, 2.75) is 61.3 Å². The summed E-state index contributed by atoms with van der Waals surface area (Å²) in [6, 6.07) is 23.1. The number of pyridine rings is 2. The summed E-state index contributed by atoms with van der Waals surface area (Å²) in [6.07, 6.45) is 4.07. The number of fused-ring (bicyclic) bond motifs is 7. The van der Waals surface area contributed by atoms with Crippen molar-refractivity contribution in [3.05, 3.63) is 83.6 Å². The number of hydrogen-bond acceptors (Lipinski definition) is 1. The maximum absolute atomic E-state index is 5.03. The lowest BCUT2D eigenvalue weighted by atomic mass is 9.87. The third-order valence-electron chi connectivity index (χ3n) is 8.13. The Morgan fingerprint density at radius 3 is 2.16 bits per heavy atom. The van der Waals surface area contributed by atoms with Crippen LogP contribution >= 0.6 is 0 Å². The summed E-state index contributed by atoms with van der Waals surface area (Å²) in [6.45, 7) is 16.3. The first-order chi connectivity index (χ1) is 18.0. The fourth-order valence-corrected chi connectivity index (χ4v) is 6.84. The van der Waals surface area contributed by atoms with E-state index in [0.717, 1.165) is 18.4 Å². The van der Waals surface area contributed by atoms with Gasteiger partial charge in [-0.3, -0.25) is 4.98 Å². The molecule has 3 aromatic heterocycles. The lowest BCUT2D eigenvalue weighted by molar-refractivity contribution is 0.411. The van der Waals surface area contributed by atoms with Crippen LogP contribution in [0.2, 0.25) is 0 Å². The average Bonchev–Trinajstić information content (AvgIpc) is 3.17. The monoisotopic (exact) mass is 496 g/mol. The van der Waals surface area contributed by atoms with Gasteiger partial charge in [0.15, 0.2) is 0 Å². The molecule has 0 spiro atoms. The molecule has 2 nitrogen and oxygen atoms in total. The average molecular weight is 497 g/mol. The highest BCUT2D eigenvalue weighted by atomic mass is 14.9. The second-order valence-corrected chi connectivity index (χ2v) is 13.8. The Labute approximate surface area is 224 Å². The van der Waals surface area contributed by atoms with Crippen LogP contribution in [0.4, 0.5) is 0 Å². The van der Waals surface area contributed by atoms with Gasteiger partial charge in [0.25, 0.3) is 0 Å². The second kappa shape index (κ2) is 7.69. The molecule has 190 valence electrons. The van der Waals surface area contributed by atoms with E-state index in [4.69, 9.17) is 4.98 Å². The van der Waals surface area contributed by atoms with Gasteiger partial charge >= 0.3 is 0 Å². The highest BCUT2D eigenvalue weighted by Crippen LogP contribution is 2.44. The van der Waals surface area contributed by atoms with E-state index in [1.54, 1.807) is 0 Å². The quantitative estimate of drug-likeness (QED) is 0.172.